The highest BCUT2D eigenvalue weighted by molar-refractivity contribution is 5.95. The van der Waals surface area contributed by atoms with Crippen molar-refractivity contribution < 1.29 is 28.8 Å². The van der Waals surface area contributed by atoms with Crippen molar-refractivity contribution in [3.63, 3.8) is 0 Å². The summed E-state index contributed by atoms with van der Waals surface area (Å²) in [7, 11) is 1.15. The van der Waals surface area contributed by atoms with Gasteiger partial charge >= 0.3 is 17.7 Å². The molecule has 10 heteroatoms. The van der Waals surface area contributed by atoms with E-state index in [-0.39, 0.29) is 17.4 Å². The molecule has 28 heavy (non-hydrogen) atoms. The van der Waals surface area contributed by atoms with E-state index < -0.39 is 35.1 Å². The number of nitro benzene ring substituents is 1. The molecule has 0 spiro atoms. The van der Waals surface area contributed by atoms with Crippen molar-refractivity contribution in [3.05, 3.63) is 33.9 Å². The number of urea groups is 1. The molecule has 1 aliphatic rings. The summed E-state index contributed by atoms with van der Waals surface area (Å²) < 4.78 is 9.67. The Morgan fingerprint density at radius 1 is 1.25 bits per heavy atom. The Morgan fingerprint density at radius 3 is 2.61 bits per heavy atom. The first-order valence-electron chi connectivity index (χ1n) is 8.91. The van der Waals surface area contributed by atoms with Crippen LogP contribution in [0.4, 0.5) is 10.5 Å². The number of esters is 1. The molecule has 2 N–H and O–H groups in total. The van der Waals surface area contributed by atoms with Crippen LogP contribution in [0.15, 0.2) is 18.2 Å². The van der Waals surface area contributed by atoms with Gasteiger partial charge in [-0.3, -0.25) is 20.2 Å². The lowest BCUT2D eigenvalue weighted by Crippen LogP contribution is -2.48. The summed E-state index contributed by atoms with van der Waals surface area (Å²) in [5.74, 6) is -1.34. The summed E-state index contributed by atoms with van der Waals surface area (Å²) in [5.41, 5.74) is -0.511. The van der Waals surface area contributed by atoms with E-state index in [1.807, 2.05) is 6.92 Å². The maximum Gasteiger partial charge on any atom is 0.338 e. The topological polar surface area (TPSA) is 137 Å². The molecule has 2 atom stereocenters. The van der Waals surface area contributed by atoms with Gasteiger partial charge in [0.25, 0.3) is 5.91 Å². The number of nitrogens with zero attached hydrogens (tertiary/aromatic N) is 1. The summed E-state index contributed by atoms with van der Waals surface area (Å²) in [6, 6.07) is 2.86. The minimum absolute atomic E-state index is 0.00872. The second kappa shape index (κ2) is 9.67. The van der Waals surface area contributed by atoms with Crippen LogP contribution in [-0.2, 0) is 9.53 Å². The molecule has 1 aliphatic carbocycles. The number of hydrogen-bond acceptors (Lipinski definition) is 7. The van der Waals surface area contributed by atoms with E-state index in [4.69, 9.17) is 4.74 Å². The van der Waals surface area contributed by atoms with Crippen LogP contribution in [0.25, 0.3) is 0 Å². The van der Waals surface area contributed by atoms with Gasteiger partial charge in [-0.15, -0.1) is 0 Å². The molecule has 0 heterocycles. The number of methoxy groups -OCH3 is 1. The first-order valence-corrected chi connectivity index (χ1v) is 8.91. The molecule has 1 aromatic carbocycles. The highest BCUT2D eigenvalue weighted by Gasteiger charge is 2.24. The number of nitro groups is 1. The minimum atomic E-state index is -0.743. The quantitative estimate of drug-likeness (QED) is 0.429. The summed E-state index contributed by atoms with van der Waals surface area (Å²) in [5, 5.41) is 16.1. The Hall–Kier alpha value is -3.17. The van der Waals surface area contributed by atoms with E-state index in [1.54, 1.807) is 0 Å². The lowest BCUT2D eigenvalue weighted by Gasteiger charge is -2.29. The minimum Gasteiger partial charge on any atom is -0.477 e. The first-order chi connectivity index (χ1) is 13.3. The van der Waals surface area contributed by atoms with E-state index in [9.17, 15) is 24.5 Å². The molecular weight excluding hydrogens is 370 g/mol. The van der Waals surface area contributed by atoms with Gasteiger partial charge in [0.1, 0.15) is 0 Å². The number of benzene rings is 1. The zero-order valence-electron chi connectivity index (χ0n) is 15.7. The number of carbonyl (C=O) groups excluding carboxylic acids is 3. The molecule has 152 valence electrons. The Bertz CT molecular complexity index is 766. The molecular formula is C18H23N3O7. The van der Waals surface area contributed by atoms with Gasteiger partial charge in [-0.2, -0.15) is 0 Å². The van der Waals surface area contributed by atoms with Gasteiger partial charge in [0, 0.05) is 12.1 Å². The number of imide groups is 1. The average molecular weight is 393 g/mol. The molecule has 0 unspecified atom stereocenters. The monoisotopic (exact) mass is 393 g/mol. The van der Waals surface area contributed by atoms with E-state index >= 15 is 0 Å². The molecule has 0 saturated heterocycles. The second-order valence-electron chi connectivity index (χ2n) is 6.61. The van der Waals surface area contributed by atoms with E-state index in [2.05, 4.69) is 15.4 Å². The van der Waals surface area contributed by atoms with Crippen LogP contribution in [0.5, 0.6) is 5.75 Å². The fourth-order valence-electron chi connectivity index (χ4n) is 3.07. The molecule has 2 rings (SSSR count). The number of amides is 3. The van der Waals surface area contributed by atoms with Crippen molar-refractivity contribution in [1.29, 1.82) is 0 Å². The van der Waals surface area contributed by atoms with E-state index in [0.29, 0.717) is 5.92 Å². The molecule has 1 aromatic rings. The predicted molar refractivity (Wildman–Crippen MR) is 98.0 cm³/mol. The predicted octanol–water partition coefficient (Wildman–Crippen LogP) is 2.16. The van der Waals surface area contributed by atoms with Crippen molar-refractivity contribution in [3.8, 4) is 5.75 Å². The molecule has 0 aliphatic heterocycles. The van der Waals surface area contributed by atoms with Gasteiger partial charge in [0.05, 0.1) is 17.6 Å². The van der Waals surface area contributed by atoms with E-state index in [1.165, 1.54) is 12.1 Å². The maximum atomic E-state index is 11.9. The van der Waals surface area contributed by atoms with Crippen molar-refractivity contribution in [1.82, 2.24) is 10.6 Å². The molecule has 0 aromatic heterocycles. The first kappa shape index (κ1) is 21.1. The smallest absolute Gasteiger partial charge is 0.338 e. The van der Waals surface area contributed by atoms with Crippen LogP contribution < -0.4 is 15.4 Å². The molecule has 1 fully saturated rings. The van der Waals surface area contributed by atoms with Crippen molar-refractivity contribution >= 4 is 23.6 Å². The van der Waals surface area contributed by atoms with Crippen LogP contribution in [0, 0.1) is 16.0 Å². The third-order valence-electron chi connectivity index (χ3n) is 4.62. The van der Waals surface area contributed by atoms with Crippen LogP contribution in [0.1, 0.15) is 43.0 Å². The van der Waals surface area contributed by atoms with Crippen LogP contribution in [-0.4, -0.2) is 42.6 Å². The van der Waals surface area contributed by atoms with Gasteiger partial charge < -0.3 is 14.8 Å². The van der Waals surface area contributed by atoms with Gasteiger partial charge in [-0.25, -0.2) is 9.59 Å². The van der Waals surface area contributed by atoms with Crippen LogP contribution in [0.2, 0.25) is 0 Å². The normalized spacial score (nSPS) is 18.6. The number of hydrogen-bond donors (Lipinski definition) is 2. The second-order valence-corrected chi connectivity index (χ2v) is 6.61. The lowest BCUT2D eigenvalue weighted by atomic mass is 9.86. The molecule has 0 radical (unpaired) electrons. The molecule has 10 nitrogen and oxygen atoms in total. The number of ether oxygens (including phenoxy) is 2. The Balaban J connectivity index is 1.92. The Labute approximate surface area is 161 Å². The number of carbonyl (C=O) groups is 3. The van der Waals surface area contributed by atoms with Crippen molar-refractivity contribution in [2.75, 3.05) is 13.7 Å². The third kappa shape index (κ3) is 5.66. The third-order valence-corrected chi connectivity index (χ3v) is 4.62. The average Bonchev–Trinajstić information content (AvgIpc) is 2.67. The number of nitrogens with one attached hydrogen (secondary N) is 2. The highest BCUT2D eigenvalue weighted by Crippen LogP contribution is 2.28. The Kier molecular flexibility index (Phi) is 7.30. The zero-order chi connectivity index (χ0) is 20.7. The van der Waals surface area contributed by atoms with Gasteiger partial charge in [-0.1, -0.05) is 19.8 Å². The lowest BCUT2D eigenvalue weighted by molar-refractivity contribution is -0.385. The van der Waals surface area contributed by atoms with Crippen LogP contribution in [0.3, 0.4) is 0 Å². The molecule has 3 amide bonds. The standard InChI is InChI=1S/C18H23N3O7/c1-11-5-3-4-6-13(11)19-18(24)20-16(22)10-28-15-8-7-12(17(23)27-2)9-14(15)21(25)26/h7-9,11,13H,3-6,10H2,1-2H3,(H2,19,20,22,24)/t11-,13-/m1/s1. The fraction of sp³-hybridized carbons (Fsp3) is 0.500. The highest BCUT2D eigenvalue weighted by atomic mass is 16.6. The van der Waals surface area contributed by atoms with E-state index in [0.717, 1.165) is 38.9 Å². The molecule has 0 bridgehead atoms. The maximum absolute atomic E-state index is 11.9. The van der Waals surface area contributed by atoms with Crippen molar-refractivity contribution in [2.24, 2.45) is 5.92 Å². The summed E-state index contributed by atoms with van der Waals surface area (Å²) >= 11 is 0. The fourth-order valence-corrected chi connectivity index (χ4v) is 3.07. The Morgan fingerprint density at radius 2 is 1.96 bits per heavy atom. The summed E-state index contributed by atoms with van der Waals surface area (Å²) in [6.45, 7) is 1.46. The van der Waals surface area contributed by atoms with Crippen molar-refractivity contribution in [2.45, 2.75) is 38.6 Å². The van der Waals surface area contributed by atoms with Crippen LogP contribution >= 0.6 is 0 Å². The summed E-state index contributed by atoms with van der Waals surface area (Å²) in [6.07, 6.45) is 4.03. The van der Waals surface area contributed by atoms with Gasteiger partial charge in [-0.05, 0) is 30.9 Å². The van der Waals surface area contributed by atoms with Gasteiger partial charge in [0.2, 0.25) is 0 Å². The SMILES string of the molecule is COC(=O)c1ccc(OCC(=O)NC(=O)N[C@@H]2CCCC[C@H]2C)c([N+](=O)[O-])c1. The molecule has 1 saturated carbocycles. The largest absolute Gasteiger partial charge is 0.477 e. The summed E-state index contributed by atoms with van der Waals surface area (Å²) in [4.78, 5) is 45.8. The zero-order valence-corrected chi connectivity index (χ0v) is 15.7. The van der Waals surface area contributed by atoms with Gasteiger partial charge in [0.15, 0.2) is 12.4 Å². The number of rotatable bonds is 6.